The molecule has 0 bridgehead atoms. The van der Waals surface area contributed by atoms with Gasteiger partial charge >= 0.3 is 0 Å². The maximum absolute atomic E-state index is 5.45. The maximum atomic E-state index is 5.45. The Morgan fingerprint density at radius 3 is 2.85 bits per heavy atom. The molecule has 0 spiro atoms. The van der Waals surface area contributed by atoms with Gasteiger partial charge in [-0.05, 0) is 33.7 Å². The van der Waals surface area contributed by atoms with Gasteiger partial charge < -0.3 is 4.74 Å². The van der Waals surface area contributed by atoms with E-state index in [0.29, 0.717) is 6.04 Å². The molecule has 1 heterocycles. The summed E-state index contributed by atoms with van der Waals surface area (Å²) in [5.41, 5.74) is 1.39. The van der Waals surface area contributed by atoms with Crippen LogP contribution in [-0.2, 0) is 4.74 Å². The summed E-state index contributed by atoms with van der Waals surface area (Å²) in [5, 5.41) is 0. The molecule has 1 unspecified atom stereocenters. The molecule has 1 aliphatic rings. The SMILES string of the molecule is CC(C)=CCN(C)C1CCCOC1. The molecule has 2 heteroatoms. The smallest absolute Gasteiger partial charge is 0.0621 e. The summed E-state index contributed by atoms with van der Waals surface area (Å²) >= 11 is 0. The first-order valence-corrected chi connectivity index (χ1v) is 5.11. The first-order chi connectivity index (χ1) is 6.20. The van der Waals surface area contributed by atoms with Gasteiger partial charge in [0.1, 0.15) is 0 Å². The first-order valence-electron chi connectivity index (χ1n) is 5.11. The Kier molecular flexibility index (Phi) is 4.46. The van der Waals surface area contributed by atoms with Crippen LogP contribution in [0.2, 0.25) is 0 Å². The second-order valence-electron chi connectivity index (χ2n) is 4.09. The molecule has 0 aromatic carbocycles. The van der Waals surface area contributed by atoms with Gasteiger partial charge in [0.15, 0.2) is 0 Å². The number of allylic oxidation sites excluding steroid dienone is 1. The third kappa shape index (κ3) is 3.92. The predicted octanol–water partition coefficient (Wildman–Crippen LogP) is 2.06. The van der Waals surface area contributed by atoms with E-state index in [1.165, 1.54) is 18.4 Å². The molecule has 0 aromatic rings. The lowest BCUT2D eigenvalue weighted by Gasteiger charge is -2.30. The van der Waals surface area contributed by atoms with Gasteiger partial charge in [0.25, 0.3) is 0 Å². The van der Waals surface area contributed by atoms with Crippen LogP contribution in [0.3, 0.4) is 0 Å². The van der Waals surface area contributed by atoms with Gasteiger partial charge in [0, 0.05) is 19.2 Å². The molecule has 1 atom stereocenters. The van der Waals surface area contributed by atoms with Crippen LogP contribution in [-0.4, -0.2) is 37.7 Å². The highest BCUT2D eigenvalue weighted by molar-refractivity contribution is 4.95. The molecule has 0 N–H and O–H groups in total. The normalized spacial score (nSPS) is 23.2. The van der Waals surface area contributed by atoms with Gasteiger partial charge in [-0.2, -0.15) is 0 Å². The Bertz CT molecular complexity index is 167. The van der Waals surface area contributed by atoms with E-state index in [-0.39, 0.29) is 0 Å². The monoisotopic (exact) mass is 183 g/mol. The molecule has 0 aliphatic carbocycles. The van der Waals surface area contributed by atoms with Crippen molar-refractivity contribution in [3.8, 4) is 0 Å². The van der Waals surface area contributed by atoms with Gasteiger partial charge in [-0.3, -0.25) is 4.90 Å². The average Bonchev–Trinajstić information content (AvgIpc) is 2.15. The zero-order valence-corrected chi connectivity index (χ0v) is 9.05. The van der Waals surface area contributed by atoms with Crippen LogP contribution < -0.4 is 0 Å². The topological polar surface area (TPSA) is 12.5 Å². The molecule has 1 rings (SSSR count). The Labute approximate surface area is 81.6 Å². The van der Waals surface area contributed by atoms with Crippen LogP contribution in [0.15, 0.2) is 11.6 Å². The summed E-state index contributed by atoms with van der Waals surface area (Å²) in [6.45, 7) is 7.20. The fourth-order valence-corrected chi connectivity index (χ4v) is 1.55. The van der Waals surface area contributed by atoms with Crippen molar-refractivity contribution < 1.29 is 4.74 Å². The molecule has 13 heavy (non-hydrogen) atoms. The second kappa shape index (κ2) is 5.40. The van der Waals surface area contributed by atoms with E-state index in [1.54, 1.807) is 0 Å². The molecule has 1 aliphatic heterocycles. The van der Waals surface area contributed by atoms with Crippen molar-refractivity contribution in [1.82, 2.24) is 4.90 Å². The number of ether oxygens (including phenoxy) is 1. The number of likely N-dealkylation sites (N-methyl/N-ethyl adjacent to an activating group) is 1. The van der Waals surface area contributed by atoms with Crippen molar-refractivity contribution in [1.29, 1.82) is 0 Å². The third-order valence-corrected chi connectivity index (χ3v) is 2.55. The molecule has 0 aromatic heterocycles. The zero-order chi connectivity index (χ0) is 9.68. The fourth-order valence-electron chi connectivity index (χ4n) is 1.55. The van der Waals surface area contributed by atoms with Crippen LogP contribution in [0.4, 0.5) is 0 Å². The third-order valence-electron chi connectivity index (χ3n) is 2.55. The Hall–Kier alpha value is -0.340. The second-order valence-corrected chi connectivity index (χ2v) is 4.09. The van der Waals surface area contributed by atoms with E-state index in [0.717, 1.165) is 19.8 Å². The molecule has 2 nitrogen and oxygen atoms in total. The number of hydrogen-bond acceptors (Lipinski definition) is 2. The first kappa shape index (κ1) is 10.7. The highest BCUT2D eigenvalue weighted by Gasteiger charge is 2.17. The zero-order valence-electron chi connectivity index (χ0n) is 9.05. The summed E-state index contributed by atoms with van der Waals surface area (Å²) in [6.07, 6.45) is 4.77. The van der Waals surface area contributed by atoms with Crippen molar-refractivity contribution in [3.63, 3.8) is 0 Å². The minimum Gasteiger partial charge on any atom is -0.380 e. The van der Waals surface area contributed by atoms with E-state index in [9.17, 15) is 0 Å². The highest BCUT2D eigenvalue weighted by Crippen LogP contribution is 2.11. The van der Waals surface area contributed by atoms with E-state index >= 15 is 0 Å². The largest absolute Gasteiger partial charge is 0.380 e. The Morgan fingerprint density at radius 1 is 1.54 bits per heavy atom. The average molecular weight is 183 g/mol. The minimum atomic E-state index is 0.629. The molecule has 1 fully saturated rings. The van der Waals surface area contributed by atoms with Gasteiger partial charge in [-0.1, -0.05) is 11.6 Å². The summed E-state index contributed by atoms with van der Waals surface area (Å²) in [4.78, 5) is 2.38. The van der Waals surface area contributed by atoms with Crippen molar-refractivity contribution >= 4 is 0 Å². The molecule has 0 saturated carbocycles. The van der Waals surface area contributed by atoms with Crippen LogP contribution in [0, 0.1) is 0 Å². The van der Waals surface area contributed by atoms with Crippen molar-refractivity contribution in [2.45, 2.75) is 32.7 Å². The van der Waals surface area contributed by atoms with E-state index in [4.69, 9.17) is 4.74 Å². The van der Waals surface area contributed by atoms with E-state index in [2.05, 4.69) is 31.9 Å². The summed E-state index contributed by atoms with van der Waals surface area (Å²) in [6, 6.07) is 0.629. The molecule has 76 valence electrons. The minimum absolute atomic E-state index is 0.629. The van der Waals surface area contributed by atoms with E-state index < -0.39 is 0 Å². The van der Waals surface area contributed by atoms with E-state index in [1.807, 2.05) is 0 Å². The molecule has 0 amide bonds. The summed E-state index contributed by atoms with van der Waals surface area (Å²) in [5.74, 6) is 0. The lowest BCUT2D eigenvalue weighted by atomic mass is 10.1. The van der Waals surface area contributed by atoms with Gasteiger partial charge in [0.2, 0.25) is 0 Å². The van der Waals surface area contributed by atoms with Gasteiger partial charge in [0.05, 0.1) is 6.61 Å². The number of rotatable bonds is 3. The van der Waals surface area contributed by atoms with Crippen molar-refractivity contribution in [3.05, 3.63) is 11.6 Å². The van der Waals surface area contributed by atoms with Crippen LogP contribution in [0.5, 0.6) is 0 Å². The maximum Gasteiger partial charge on any atom is 0.0621 e. The van der Waals surface area contributed by atoms with Crippen molar-refractivity contribution in [2.24, 2.45) is 0 Å². The molecular formula is C11H21NO. The lowest BCUT2D eigenvalue weighted by Crippen LogP contribution is -2.38. The fraction of sp³-hybridized carbons (Fsp3) is 0.818. The van der Waals surface area contributed by atoms with Crippen LogP contribution in [0.1, 0.15) is 26.7 Å². The van der Waals surface area contributed by atoms with Crippen molar-refractivity contribution in [2.75, 3.05) is 26.8 Å². The van der Waals surface area contributed by atoms with Crippen LogP contribution >= 0.6 is 0 Å². The van der Waals surface area contributed by atoms with Gasteiger partial charge in [-0.25, -0.2) is 0 Å². The molecular weight excluding hydrogens is 162 g/mol. The quantitative estimate of drug-likeness (QED) is 0.621. The molecule has 1 saturated heterocycles. The number of nitrogens with zero attached hydrogens (tertiary/aromatic N) is 1. The molecule has 0 radical (unpaired) electrons. The van der Waals surface area contributed by atoms with Gasteiger partial charge in [-0.15, -0.1) is 0 Å². The summed E-state index contributed by atoms with van der Waals surface area (Å²) < 4.78 is 5.45. The number of hydrogen-bond donors (Lipinski definition) is 0. The summed E-state index contributed by atoms with van der Waals surface area (Å²) in [7, 11) is 2.18. The predicted molar refractivity (Wildman–Crippen MR) is 55.9 cm³/mol. The standard InChI is InChI=1S/C11H21NO/c1-10(2)6-7-12(3)11-5-4-8-13-9-11/h6,11H,4-5,7-9H2,1-3H3. The highest BCUT2D eigenvalue weighted by atomic mass is 16.5. The Morgan fingerprint density at radius 2 is 2.31 bits per heavy atom. The van der Waals surface area contributed by atoms with Crippen LogP contribution in [0.25, 0.3) is 0 Å². The Balaban J connectivity index is 2.28. The lowest BCUT2D eigenvalue weighted by molar-refractivity contribution is 0.0315.